The Morgan fingerprint density at radius 3 is 2.95 bits per heavy atom. The molecule has 0 bridgehead atoms. The fourth-order valence-electron chi connectivity index (χ4n) is 1.39. The highest BCUT2D eigenvalue weighted by Crippen LogP contribution is 2.13. The van der Waals surface area contributed by atoms with Crippen molar-refractivity contribution in [2.75, 3.05) is 19.7 Å². The van der Waals surface area contributed by atoms with Crippen LogP contribution in [0.15, 0.2) is 24.3 Å². The van der Waals surface area contributed by atoms with Crippen molar-refractivity contribution in [3.63, 3.8) is 0 Å². The molecule has 0 saturated carbocycles. The van der Waals surface area contributed by atoms with Gasteiger partial charge in [0.15, 0.2) is 0 Å². The van der Waals surface area contributed by atoms with Crippen LogP contribution in [0.5, 0.6) is 5.75 Å². The van der Waals surface area contributed by atoms with Crippen molar-refractivity contribution in [3.8, 4) is 5.75 Å². The molecule has 0 radical (unpaired) electrons. The van der Waals surface area contributed by atoms with Crippen LogP contribution in [0.1, 0.15) is 13.3 Å². The standard InChI is InChI=1S/C13H19FN2O3/c1-10(9-16-13(18)15-6-3-7-17)19-12-5-2-4-11(14)8-12/h2,4-5,8,10,17H,3,6-7,9H2,1H3,(H2,15,16,18). The van der Waals surface area contributed by atoms with Crippen molar-refractivity contribution in [2.24, 2.45) is 0 Å². The van der Waals surface area contributed by atoms with E-state index in [0.29, 0.717) is 25.3 Å². The minimum Gasteiger partial charge on any atom is -0.489 e. The molecule has 1 atom stereocenters. The van der Waals surface area contributed by atoms with Gasteiger partial charge in [-0.15, -0.1) is 0 Å². The Bertz CT molecular complexity index is 401. The first-order chi connectivity index (χ1) is 9.11. The van der Waals surface area contributed by atoms with Crippen LogP contribution in [-0.4, -0.2) is 36.9 Å². The number of urea groups is 1. The highest BCUT2D eigenvalue weighted by molar-refractivity contribution is 5.73. The SMILES string of the molecule is CC(CNC(=O)NCCCO)Oc1cccc(F)c1. The summed E-state index contributed by atoms with van der Waals surface area (Å²) in [6.07, 6.45) is 0.244. The summed E-state index contributed by atoms with van der Waals surface area (Å²) in [5.74, 6) is 0.0643. The van der Waals surface area contributed by atoms with E-state index in [1.54, 1.807) is 19.1 Å². The lowest BCUT2D eigenvalue weighted by Gasteiger charge is -2.15. The van der Waals surface area contributed by atoms with Crippen LogP contribution in [0.25, 0.3) is 0 Å². The van der Waals surface area contributed by atoms with Gasteiger partial charge < -0.3 is 20.5 Å². The number of aliphatic hydroxyl groups is 1. The number of carbonyl (C=O) groups is 1. The molecule has 5 nitrogen and oxygen atoms in total. The molecular weight excluding hydrogens is 251 g/mol. The third kappa shape index (κ3) is 6.61. The maximum atomic E-state index is 12.9. The van der Waals surface area contributed by atoms with Crippen LogP contribution in [0.4, 0.5) is 9.18 Å². The molecule has 0 aliphatic heterocycles. The van der Waals surface area contributed by atoms with Gasteiger partial charge in [0.05, 0.1) is 6.54 Å². The third-order valence-electron chi connectivity index (χ3n) is 2.30. The zero-order valence-corrected chi connectivity index (χ0v) is 10.9. The molecule has 0 aliphatic carbocycles. The topological polar surface area (TPSA) is 70.6 Å². The maximum absolute atomic E-state index is 12.9. The molecule has 0 aliphatic rings. The second-order valence-corrected chi connectivity index (χ2v) is 4.10. The minimum atomic E-state index is -0.362. The predicted octanol–water partition coefficient (Wildman–Crippen LogP) is 1.27. The summed E-state index contributed by atoms with van der Waals surface area (Å²) in [6.45, 7) is 2.54. The Morgan fingerprint density at radius 2 is 2.26 bits per heavy atom. The summed E-state index contributed by atoms with van der Waals surface area (Å²) in [5.41, 5.74) is 0. The monoisotopic (exact) mass is 270 g/mol. The molecule has 0 fully saturated rings. The Kier molecular flexibility index (Phi) is 6.67. The second-order valence-electron chi connectivity index (χ2n) is 4.10. The van der Waals surface area contributed by atoms with Gasteiger partial charge in [0.2, 0.25) is 0 Å². The average molecular weight is 270 g/mol. The number of hydrogen-bond acceptors (Lipinski definition) is 3. The van der Waals surface area contributed by atoms with Crippen molar-refractivity contribution < 1.29 is 19.0 Å². The molecule has 0 spiro atoms. The van der Waals surface area contributed by atoms with Crippen molar-refractivity contribution in [1.29, 1.82) is 0 Å². The molecule has 1 aromatic rings. The molecule has 0 heterocycles. The van der Waals surface area contributed by atoms with Crippen LogP contribution in [0.3, 0.4) is 0 Å². The number of rotatable bonds is 7. The highest BCUT2D eigenvalue weighted by atomic mass is 19.1. The van der Waals surface area contributed by atoms with Crippen LogP contribution in [0.2, 0.25) is 0 Å². The molecule has 1 unspecified atom stereocenters. The van der Waals surface area contributed by atoms with E-state index < -0.39 is 0 Å². The number of halogens is 1. The van der Waals surface area contributed by atoms with Gasteiger partial charge in [-0.3, -0.25) is 0 Å². The van der Waals surface area contributed by atoms with E-state index in [0.717, 1.165) is 0 Å². The summed E-state index contributed by atoms with van der Waals surface area (Å²) < 4.78 is 18.4. The van der Waals surface area contributed by atoms with Gasteiger partial charge in [0.1, 0.15) is 17.7 Å². The number of carbonyl (C=O) groups excluding carboxylic acids is 1. The van der Waals surface area contributed by atoms with E-state index in [1.165, 1.54) is 12.1 Å². The Morgan fingerprint density at radius 1 is 1.47 bits per heavy atom. The summed E-state index contributed by atoms with van der Waals surface area (Å²) in [7, 11) is 0. The molecule has 1 aromatic carbocycles. The molecule has 3 N–H and O–H groups in total. The van der Waals surface area contributed by atoms with Gasteiger partial charge in [0, 0.05) is 19.2 Å². The minimum absolute atomic E-state index is 0.0410. The number of hydrogen-bond donors (Lipinski definition) is 3. The number of ether oxygens (including phenoxy) is 1. The van der Waals surface area contributed by atoms with Gasteiger partial charge in [0.25, 0.3) is 0 Å². The van der Waals surface area contributed by atoms with Crippen LogP contribution in [-0.2, 0) is 0 Å². The fraction of sp³-hybridized carbons (Fsp3) is 0.462. The predicted molar refractivity (Wildman–Crippen MR) is 69.6 cm³/mol. The first-order valence-electron chi connectivity index (χ1n) is 6.16. The van der Waals surface area contributed by atoms with Crippen molar-refractivity contribution >= 4 is 6.03 Å². The zero-order valence-electron chi connectivity index (χ0n) is 10.9. The van der Waals surface area contributed by atoms with E-state index in [9.17, 15) is 9.18 Å². The largest absolute Gasteiger partial charge is 0.489 e. The van der Waals surface area contributed by atoms with E-state index >= 15 is 0 Å². The Hall–Kier alpha value is -1.82. The van der Waals surface area contributed by atoms with E-state index in [-0.39, 0.29) is 24.6 Å². The van der Waals surface area contributed by atoms with Crippen LogP contribution >= 0.6 is 0 Å². The van der Waals surface area contributed by atoms with Gasteiger partial charge in [-0.1, -0.05) is 6.07 Å². The smallest absolute Gasteiger partial charge is 0.314 e. The first-order valence-corrected chi connectivity index (χ1v) is 6.16. The molecule has 19 heavy (non-hydrogen) atoms. The van der Waals surface area contributed by atoms with Crippen molar-refractivity contribution in [2.45, 2.75) is 19.4 Å². The molecule has 0 aromatic heterocycles. The summed E-state index contributed by atoms with van der Waals surface area (Å²) >= 11 is 0. The second kappa shape index (κ2) is 8.31. The summed E-state index contributed by atoms with van der Waals surface area (Å²) in [6, 6.07) is 5.53. The van der Waals surface area contributed by atoms with Crippen LogP contribution < -0.4 is 15.4 Å². The van der Waals surface area contributed by atoms with E-state index in [4.69, 9.17) is 9.84 Å². The molecule has 106 valence electrons. The Labute approximate surface area is 111 Å². The van der Waals surface area contributed by atoms with Crippen LogP contribution in [0, 0.1) is 5.82 Å². The third-order valence-corrected chi connectivity index (χ3v) is 2.30. The molecule has 6 heteroatoms. The number of nitrogens with one attached hydrogen (secondary N) is 2. The van der Waals surface area contributed by atoms with E-state index in [2.05, 4.69) is 10.6 Å². The average Bonchev–Trinajstić information content (AvgIpc) is 2.37. The lowest BCUT2D eigenvalue weighted by molar-refractivity contribution is 0.206. The number of aliphatic hydroxyl groups excluding tert-OH is 1. The van der Waals surface area contributed by atoms with Gasteiger partial charge in [-0.05, 0) is 25.5 Å². The van der Waals surface area contributed by atoms with Gasteiger partial charge >= 0.3 is 6.03 Å². The highest BCUT2D eigenvalue weighted by Gasteiger charge is 2.07. The summed E-state index contributed by atoms with van der Waals surface area (Å²) in [4.78, 5) is 11.3. The normalized spacial score (nSPS) is 11.7. The lowest BCUT2D eigenvalue weighted by atomic mass is 10.3. The number of amides is 2. The van der Waals surface area contributed by atoms with E-state index in [1.807, 2.05) is 0 Å². The maximum Gasteiger partial charge on any atom is 0.314 e. The Balaban J connectivity index is 2.24. The van der Waals surface area contributed by atoms with Crippen molar-refractivity contribution in [1.82, 2.24) is 10.6 Å². The fourth-order valence-corrected chi connectivity index (χ4v) is 1.39. The van der Waals surface area contributed by atoms with Crippen molar-refractivity contribution in [3.05, 3.63) is 30.1 Å². The number of benzene rings is 1. The van der Waals surface area contributed by atoms with Gasteiger partial charge in [-0.2, -0.15) is 0 Å². The quantitative estimate of drug-likeness (QED) is 0.654. The first kappa shape index (κ1) is 15.2. The molecule has 0 saturated heterocycles. The summed E-state index contributed by atoms with van der Waals surface area (Å²) in [5, 5.41) is 13.8. The molecular formula is C13H19FN2O3. The molecule has 2 amide bonds. The zero-order chi connectivity index (χ0) is 14.1. The molecule has 1 rings (SSSR count). The van der Waals surface area contributed by atoms with Gasteiger partial charge in [-0.25, -0.2) is 9.18 Å². The lowest BCUT2D eigenvalue weighted by Crippen LogP contribution is -2.40.